The van der Waals surface area contributed by atoms with Crippen molar-refractivity contribution in [3.63, 3.8) is 0 Å². The lowest BCUT2D eigenvalue weighted by Gasteiger charge is -2.16. The first-order valence-corrected chi connectivity index (χ1v) is 7.54. The number of hydrogen-bond acceptors (Lipinski definition) is 6. The first-order chi connectivity index (χ1) is 9.36. The SMILES string of the molecule is CCOC(=O)CN(C)C(=O)CS(=O)(=O)c1cccnc1. The Labute approximate surface area is 117 Å². The molecule has 7 nitrogen and oxygen atoms in total. The Morgan fingerprint density at radius 3 is 2.65 bits per heavy atom. The van der Waals surface area contributed by atoms with E-state index in [2.05, 4.69) is 9.72 Å². The summed E-state index contributed by atoms with van der Waals surface area (Å²) in [4.78, 5) is 27.7. The zero-order valence-electron chi connectivity index (χ0n) is 11.3. The molecule has 0 aliphatic rings. The molecule has 8 heteroatoms. The minimum atomic E-state index is -3.76. The molecular weight excluding hydrogens is 284 g/mol. The van der Waals surface area contributed by atoms with Crippen LogP contribution in [0.3, 0.4) is 0 Å². The molecule has 1 amide bonds. The lowest BCUT2D eigenvalue weighted by molar-refractivity contribution is -0.147. The average Bonchev–Trinajstić information content (AvgIpc) is 2.39. The van der Waals surface area contributed by atoms with Gasteiger partial charge >= 0.3 is 5.97 Å². The van der Waals surface area contributed by atoms with Gasteiger partial charge in [0, 0.05) is 19.4 Å². The predicted molar refractivity (Wildman–Crippen MR) is 70.6 cm³/mol. The van der Waals surface area contributed by atoms with Gasteiger partial charge in [0.25, 0.3) is 0 Å². The second-order valence-corrected chi connectivity index (χ2v) is 5.99. The molecule has 0 N–H and O–H groups in total. The highest BCUT2D eigenvalue weighted by molar-refractivity contribution is 7.92. The summed E-state index contributed by atoms with van der Waals surface area (Å²) < 4.78 is 28.6. The summed E-state index contributed by atoms with van der Waals surface area (Å²) in [6.45, 7) is 1.57. The van der Waals surface area contributed by atoms with Crippen LogP contribution in [-0.4, -0.2) is 56.1 Å². The highest BCUT2D eigenvalue weighted by atomic mass is 32.2. The van der Waals surface area contributed by atoms with Gasteiger partial charge in [-0.2, -0.15) is 0 Å². The molecule has 1 rings (SSSR count). The van der Waals surface area contributed by atoms with E-state index in [-0.39, 0.29) is 18.0 Å². The van der Waals surface area contributed by atoms with Crippen LogP contribution in [0.5, 0.6) is 0 Å². The largest absolute Gasteiger partial charge is 0.465 e. The fraction of sp³-hybridized carbons (Fsp3) is 0.417. The maximum absolute atomic E-state index is 12.0. The van der Waals surface area contributed by atoms with Crippen LogP contribution in [0.25, 0.3) is 0 Å². The molecule has 0 atom stereocenters. The zero-order valence-corrected chi connectivity index (χ0v) is 12.1. The van der Waals surface area contributed by atoms with Crippen LogP contribution in [-0.2, 0) is 24.2 Å². The number of nitrogens with zero attached hydrogens (tertiary/aromatic N) is 2. The molecule has 20 heavy (non-hydrogen) atoms. The van der Waals surface area contributed by atoms with Gasteiger partial charge in [0.1, 0.15) is 12.3 Å². The maximum Gasteiger partial charge on any atom is 0.325 e. The summed E-state index contributed by atoms with van der Waals surface area (Å²) in [6.07, 6.45) is 2.61. The molecule has 1 aromatic rings. The van der Waals surface area contributed by atoms with Crippen molar-refractivity contribution in [2.75, 3.05) is 26.0 Å². The molecule has 0 unspecified atom stereocenters. The van der Waals surface area contributed by atoms with Gasteiger partial charge in [-0.25, -0.2) is 8.42 Å². The number of esters is 1. The molecule has 0 aromatic carbocycles. The normalized spacial score (nSPS) is 10.9. The third-order valence-corrected chi connectivity index (χ3v) is 3.99. The number of aromatic nitrogens is 1. The minimum Gasteiger partial charge on any atom is -0.465 e. The van der Waals surface area contributed by atoms with E-state index in [9.17, 15) is 18.0 Å². The summed E-state index contributed by atoms with van der Waals surface area (Å²) in [5, 5.41) is 0. The van der Waals surface area contributed by atoms with Gasteiger partial charge < -0.3 is 9.64 Å². The van der Waals surface area contributed by atoms with Gasteiger partial charge in [-0.15, -0.1) is 0 Å². The average molecular weight is 300 g/mol. The van der Waals surface area contributed by atoms with Gasteiger partial charge in [0.05, 0.1) is 11.5 Å². The maximum atomic E-state index is 12.0. The molecule has 0 saturated heterocycles. The molecule has 0 bridgehead atoms. The van der Waals surface area contributed by atoms with Gasteiger partial charge in [-0.3, -0.25) is 14.6 Å². The van der Waals surface area contributed by atoms with Crippen molar-refractivity contribution in [3.05, 3.63) is 24.5 Å². The molecule has 0 aliphatic carbocycles. The van der Waals surface area contributed by atoms with Gasteiger partial charge in [0.2, 0.25) is 5.91 Å². The van der Waals surface area contributed by atoms with Crippen LogP contribution in [0.4, 0.5) is 0 Å². The molecule has 0 aliphatic heterocycles. The smallest absolute Gasteiger partial charge is 0.325 e. The van der Waals surface area contributed by atoms with E-state index in [1.54, 1.807) is 6.92 Å². The Kier molecular flexibility index (Phi) is 5.63. The Hall–Kier alpha value is -1.96. The summed E-state index contributed by atoms with van der Waals surface area (Å²) in [6, 6.07) is 2.83. The first-order valence-electron chi connectivity index (χ1n) is 5.89. The van der Waals surface area contributed by atoms with E-state index in [1.165, 1.54) is 31.6 Å². The van der Waals surface area contributed by atoms with Crippen molar-refractivity contribution in [3.8, 4) is 0 Å². The topological polar surface area (TPSA) is 93.6 Å². The Balaban J connectivity index is 2.68. The number of amides is 1. The van der Waals surface area contributed by atoms with Crippen LogP contribution in [0.2, 0.25) is 0 Å². The molecule has 1 heterocycles. The van der Waals surface area contributed by atoms with Crippen molar-refractivity contribution in [1.82, 2.24) is 9.88 Å². The monoisotopic (exact) mass is 300 g/mol. The van der Waals surface area contributed by atoms with Gasteiger partial charge in [-0.1, -0.05) is 0 Å². The van der Waals surface area contributed by atoms with Crippen LogP contribution in [0, 0.1) is 0 Å². The molecule has 0 fully saturated rings. The number of sulfone groups is 1. The van der Waals surface area contributed by atoms with Gasteiger partial charge in [0.15, 0.2) is 9.84 Å². The third-order valence-electron chi connectivity index (χ3n) is 2.40. The lowest BCUT2D eigenvalue weighted by atomic mass is 10.5. The number of rotatable bonds is 6. The fourth-order valence-electron chi connectivity index (χ4n) is 1.38. The number of carbonyl (C=O) groups excluding carboxylic acids is 2. The quantitative estimate of drug-likeness (QED) is 0.680. The first kappa shape index (κ1) is 16.1. The van der Waals surface area contributed by atoms with Crippen LogP contribution < -0.4 is 0 Å². The summed E-state index contributed by atoms with van der Waals surface area (Å²) in [7, 11) is -2.41. The number of likely N-dealkylation sites (N-methyl/N-ethyl adjacent to an activating group) is 1. The standard InChI is InChI=1S/C12H16N2O5S/c1-3-19-12(16)8-14(2)11(15)9-20(17,18)10-5-4-6-13-7-10/h4-7H,3,8-9H2,1-2H3. The molecule has 0 radical (unpaired) electrons. The van der Waals surface area contributed by atoms with Crippen molar-refractivity contribution in [2.24, 2.45) is 0 Å². The molecular formula is C12H16N2O5S. The van der Waals surface area contributed by atoms with Crippen LogP contribution in [0.15, 0.2) is 29.4 Å². The summed E-state index contributed by atoms with van der Waals surface area (Å²) in [5.74, 6) is -1.97. The number of hydrogen-bond donors (Lipinski definition) is 0. The van der Waals surface area contributed by atoms with Crippen molar-refractivity contribution < 1.29 is 22.7 Å². The summed E-state index contributed by atoms with van der Waals surface area (Å²) in [5.41, 5.74) is 0. The number of pyridine rings is 1. The lowest BCUT2D eigenvalue weighted by Crippen LogP contribution is -2.36. The van der Waals surface area contributed by atoms with E-state index in [4.69, 9.17) is 0 Å². The number of carbonyl (C=O) groups is 2. The van der Waals surface area contributed by atoms with E-state index in [0.29, 0.717) is 0 Å². The number of ether oxygens (including phenoxy) is 1. The minimum absolute atomic E-state index is 0.0297. The molecule has 1 aromatic heterocycles. The molecule has 0 saturated carbocycles. The molecule has 110 valence electrons. The third kappa shape index (κ3) is 4.61. The van der Waals surface area contributed by atoms with Crippen molar-refractivity contribution in [2.45, 2.75) is 11.8 Å². The Morgan fingerprint density at radius 1 is 1.40 bits per heavy atom. The zero-order chi connectivity index (χ0) is 15.2. The molecule has 0 spiro atoms. The van der Waals surface area contributed by atoms with E-state index in [1.807, 2.05) is 0 Å². The van der Waals surface area contributed by atoms with Crippen molar-refractivity contribution >= 4 is 21.7 Å². The second kappa shape index (κ2) is 6.99. The fourth-order valence-corrected chi connectivity index (χ4v) is 2.60. The Morgan fingerprint density at radius 2 is 2.10 bits per heavy atom. The van der Waals surface area contributed by atoms with Gasteiger partial charge in [-0.05, 0) is 19.1 Å². The highest BCUT2D eigenvalue weighted by Crippen LogP contribution is 2.09. The van der Waals surface area contributed by atoms with E-state index >= 15 is 0 Å². The van der Waals surface area contributed by atoms with Crippen LogP contribution >= 0.6 is 0 Å². The second-order valence-electron chi connectivity index (χ2n) is 4.00. The highest BCUT2D eigenvalue weighted by Gasteiger charge is 2.23. The summed E-state index contributed by atoms with van der Waals surface area (Å²) >= 11 is 0. The van der Waals surface area contributed by atoms with E-state index < -0.39 is 27.5 Å². The van der Waals surface area contributed by atoms with Crippen LogP contribution in [0.1, 0.15) is 6.92 Å². The Bertz CT molecular complexity index is 571. The van der Waals surface area contributed by atoms with E-state index in [0.717, 1.165) is 4.90 Å². The van der Waals surface area contributed by atoms with Crippen molar-refractivity contribution in [1.29, 1.82) is 0 Å². The predicted octanol–water partition coefficient (Wildman–Crippen LogP) is -0.123.